The monoisotopic (exact) mass is 440 g/mol. The highest BCUT2D eigenvalue weighted by Gasteiger charge is 2.07. The van der Waals surface area contributed by atoms with E-state index in [-0.39, 0.29) is 1.43 Å². The summed E-state index contributed by atoms with van der Waals surface area (Å²) in [5, 5.41) is 4.76. The second-order valence-corrected chi connectivity index (χ2v) is 8.76. The molecule has 0 radical (unpaired) electrons. The molecule has 3 rings (SSSR count). The first kappa shape index (κ1) is 27.4. The number of amides is 1. The molecule has 1 aromatic heterocycles. The number of anilines is 1. The van der Waals surface area contributed by atoms with Crippen LogP contribution in [0.2, 0.25) is 0 Å². The molecule has 5 heteroatoms. The lowest BCUT2D eigenvalue weighted by atomic mass is 9.97. The van der Waals surface area contributed by atoms with E-state index in [0.717, 1.165) is 28.3 Å². The summed E-state index contributed by atoms with van der Waals surface area (Å²) in [6, 6.07) is 6.17. The molecule has 1 aliphatic rings. The van der Waals surface area contributed by atoms with Gasteiger partial charge in [-0.15, -0.1) is 0 Å². The summed E-state index contributed by atoms with van der Waals surface area (Å²) in [7, 11) is 9.97. The summed E-state index contributed by atoms with van der Waals surface area (Å²) in [6.07, 6.45) is 16.3. The minimum atomic E-state index is 0. The summed E-state index contributed by atoms with van der Waals surface area (Å²) in [5.74, 6) is 0.554. The Morgan fingerprint density at radius 1 is 1.06 bits per heavy atom. The van der Waals surface area contributed by atoms with E-state index in [1.165, 1.54) is 44.1 Å². The molecule has 0 aliphatic heterocycles. The lowest BCUT2D eigenvalue weighted by Crippen LogP contribution is -2.02. The molecule has 178 valence electrons. The number of carbonyl (C=O) groups excluding carboxylic acids is 1. The Morgan fingerprint density at radius 3 is 2.06 bits per heavy atom. The van der Waals surface area contributed by atoms with Gasteiger partial charge >= 0.3 is 0 Å². The highest BCUT2D eigenvalue weighted by atomic mass is 16.1. The van der Waals surface area contributed by atoms with E-state index in [2.05, 4.69) is 35.9 Å². The number of nitrogens with zero attached hydrogens (tertiary/aromatic N) is 3. The fraction of sp³-hybridized carbons (Fsp3) is 0.481. The molecule has 5 nitrogen and oxygen atoms in total. The molecule has 2 aromatic rings. The maximum Gasteiger partial charge on any atom is 0.212 e. The third kappa shape index (κ3) is 10.1. The van der Waals surface area contributed by atoms with Gasteiger partial charge in [-0.3, -0.25) is 4.79 Å². The van der Waals surface area contributed by atoms with Crippen molar-refractivity contribution in [2.75, 3.05) is 40.6 Å². The molecule has 0 bridgehead atoms. The summed E-state index contributed by atoms with van der Waals surface area (Å²) >= 11 is 0. The summed E-state index contributed by atoms with van der Waals surface area (Å²) in [5.41, 5.74) is 3.39. The second-order valence-electron chi connectivity index (χ2n) is 8.76. The average molecular weight is 441 g/mol. The zero-order chi connectivity index (χ0) is 23.9. The van der Waals surface area contributed by atoms with Crippen molar-refractivity contribution in [1.29, 1.82) is 0 Å². The number of hydrogen-bond donors (Lipinski definition) is 1. The average Bonchev–Trinajstić information content (AvgIpc) is 2.78. The van der Waals surface area contributed by atoms with E-state index in [0.29, 0.717) is 12.2 Å². The first-order chi connectivity index (χ1) is 15.3. The minimum absolute atomic E-state index is 0. The molecule has 1 N–H and O–H groups in total. The molecule has 1 amide bonds. The molecular weight excluding hydrogens is 396 g/mol. The van der Waals surface area contributed by atoms with Gasteiger partial charge in [-0.25, -0.2) is 4.98 Å². The molecule has 1 aliphatic carbocycles. The Hall–Kier alpha value is -2.66. The van der Waals surface area contributed by atoms with Gasteiger partial charge in [0, 0.05) is 33.3 Å². The maximum absolute atomic E-state index is 10.6. The summed E-state index contributed by atoms with van der Waals surface area (Å²) in [4.78, 5) is 18.9. The van der Waals surface area contributed by atoms with Crippen molar-refractivity contribution in [1.82, 2.24) is 14.8 Å². The number of pyridine rings is 1. The van der Waals surface area contributed by atoms with Gasteiger partial charge < -0.3 is 15.1 Å². The second kappa shape index (κ2) is 15.2. The van der Waals surface area contributed by atoms with Crippen LogP contribution >= 0.6 is 0 Å². The molecule has 0 atom stereocenters. The number of carbonyl (C=O) groups is 1. The molecule has 0 spiro atoms. The van der Waals surface area contributed by atoms with E-state index in [1.807, 2.05) is 69.6 Å². The van der Waals surface area contributed by atoms with E-state index in [9.17, 15) is 4.79 Å². The number of fused-ring (bicyclic) bond motifs is 1. The third-order valence-corrected chi connectivity index (χ3v) is 4.96. The third-order valence-electron chi connectivity index (χ3n) is 4.96. The van der Waals surface area contributed by atoms with Crippen LogP contribution < -0.4 is 5.32 Å². The molecule has 0 saturated heterocycles. The molecule has 1 saturated carbocycles. The number of aryl methyl sites for hydroxylation is 1. The lowest BCUT2D eigenvalue weighted by Gasteiger charge is -2.13. The number of benzene rings is 1. The van der Waals surface area contributed by atoms with Crippen LogP contribution in [0.1, 0.15) is 58.0 Å². The number of rotatable bonds is 6. The Morgan fingerprint density at radius 2 is 1.62 bits per heavy atom. The molecule has 1 fully saturated rings. The Labute approximate surface area is 196 Å². The van der Waals surface area contributed by atoms with Crippen LogP contribution in [-0.2, 0) is 11.2 Å². The molecule has 1 aromatic carbocycles. The molecule has 0 unspecified atom stereocenters. The number of nitrogens with one attached hydrogen (secondary N) is 1. The maximum atomic E-state index is 10.6. The van der Waals surface area contributed by atoms with E-state index < -0.39 is 0 Å². The normalized spacial score (nSPS) is 13.4. The predicted octanol–water partition coefficient (Wildman–Crippen LogP) is 6.22. The lowest BCUT2D eigenvalue weighted by molar-refractivity contribution is -0.105. The van der Waals surface area contributed by atoms with E-state index in [4.69, 9.17) is 0 Å². The van der Waals surface area contributed by atoms with Gasteiger partial charge in [0.1, 0.15) is 5.82 Å². The van der Waals surface area contributed by atoms with Crippen molar-refractivity contribution in [2.45, 2.75) is 51.9 Å². The zero-order valence-corrected chi connectivity index (χ0v) is 20.9. The summed E-state index contributed by atoms with van der Waals surface area (Å²) in [6.45, 7) is 6.03. The summed E-state index contributed by atoms with van der Waals surface area (Å²) < 4.78 is 0. The highest BCUT2D eigenvalue weighted by molar-refractivity contribution is 5.92. The topological polar surface area (TPSA) is 48.5 Å². The van der Waals surface area contributed by atoms with Gasteiger partial charge in [-0.2, -0.15) is 0 Å². The molecular formula is C27H44N4O. The van der Waals surface area contributed by atoms with Crippen molar-refractivity contribution < 1.29 is 6.22 Å². The van der Waals surface area contributed by atoms with Gasteiger partial charge in [0.25, 0.3) is 0 Å². The smallest absolute Gasteiger partial charge is 0.212 e. The number of aromatic nitrogens is 1. The first-order valence-electron chi connectivity index (χ1n) is 11.6. The predicted molar refractivity (Wildman–Crippen MR) is 142 cm³/mol. The standard InChI is InChI=1S/C18H21N3O.C6H12.C3H9N.H2/c1-5-13-7-15(14(6-2)11-21(3)4)8-16-9-18(20-12-22)19-10-17(13)16;1-2-4-6-5-3-1;1-4(2)3;/h6-12H,2,5H2,1,3-4H3,(H,19,20,22);1-6H2;1-3H3;1H/b14-11+;;;. The molecule has 32 heavy (non-hydrogen) atoms. The van der Waals surface area contributed by atoms with Crippen LogP contribution in [0, 0.1) is 0 Å². The van der Waals surface area contributed by atoms with Gasteiger partial charge in [-0.05, 0) is 61.8 Å². The van der Waals surface area contributed by atoms with Crippen LogP contribution in [0.25, 0.3) is 16.3 Å². The minimum Gasteiger partial charge on any atom is -0.383 e. The largest absolute Gasteiger partial charge is 0.383 e. The fourth-order valence-electron chi connectivity index (χ4n) is 3.52. The number of hydrogen-bond acceptors (Lipinski definition) is 4. The fourth-order valence-corrected chi connectivity index (χ4v) is 3.52. The van der Waals surface area contributed by atoms with Crippen molar-refractivity contribution in [3.8, 4) is 0 Å². The quantitative estimate of drug-likeness (QED) is 0.428. The Bertz CT molecular complexity index is 860. The van der Waals surface area contributed by atoms with E-state index in [1.54, 1.807) is 0 Å². The van der Waals surface area contributed by atoms with Crippen LogP contribution in [0.3, 0.4) is 0 Å². The Balaban J connectivity index is 0.000000773. The van der Waals surface area contributed by atoms with Crippen molar-refractivity contribution in [2.24, 2.45) is 0 Å². The van der Waals surface area contributed by atoms with Crippen LogP contribution in [0.5, 0.6) is 0 Å². The van der Waals surface area contributed by atoms with Gasteiger partial charge in [-0.1, -0.05) is 64.2 Å². The number of allylic oxidation sites excluding steroid dienone is 2. The van der Waals surface area contributed by atoms with Gasteiger partial charge in [0.2, 0.25) is 6.41 Å². The van der Waals surface area contributed by atoms with Crippen LogP contribution in [-0.4, -0.2) is 56.4 Å². The SMILES string of the molecule is C1CCCCC1.C=C/C(=C\N(C)C)c1cc(CC)c2cnc(NC=O)cc2c1.CN(C)C.[HH]. The van der Waals surface area contributed by atoms with Crippen molar-refractivity contribution in [3.05, 3.63) is 54.4 Å². The van der Waals surface area contributed by atoms with Gasteiger partial charge in [0.05, 0.1) is 0 Å². The zero-order valence-electron chi connectivity index (χ0n) is 20.9. The van der Waals surface area contributed by atoms with Gasteiger partial charge in [0.15, 0.2) is 0 Å². The highest BCUT2D eigenvalue weighted by Crippen LogP contribution is 2.27. The van der Waals surface area contributed by atoms with Crippen LogP contribution in [0.15, 0.2) is 43.3 Å². The van der Waals surface area contributed by atoms with Crippen molar-refractivity contribution in [3.63, 3.8) is 0 Å². The van der Waals surface area contributed by atoms with Crippen molar-refractivity contribution >= 4 is 28.6 Å². The van der Waals surface area contributed by atoms with E-state index >= 15 is 0 Å². The first-order valence-corrected chi connectivity index (χ1v) is 11.6. The van der Waals surface area contributed by atoms with Crippen LogP contribution in [0.4, 0.5) is 5.82 Å². The Kier molecular flexibility index (Phi) is 13.0. The molecule has 1 heterocycles.